The third-order valence-electron chi connectivity index (χ3n) is 3.79. The molecule has 4 heteroatoms. The van der Waals surface area contributed by atoms with Crippen molar-refractivity contribution in [2.24, 2.45) is 5.92 Å². The molecule has 1 fully saturated rings. The molecule has 1 aromatic carbocycles. The van der Waals surface area contributed by atoms with Gasteiger partial charge in [0.05, 0.1) is 0 Å². The summed E-state index contributed by atoms with van der Waals surface area (Å²) in [6.45, 7) is 6.26. The van der Waals surface area contributed by atoms with E-state index < -0.39 is 0 Å². The molecule has 1 heterocycles. The van der Waals surface area contributed by atoms with Crippen molar-refractivity contribution >= 4 is 5.91 Å². The maximum Gasteiger partial charge on any atom is 0.238 e. The summed E-state index contributed by atoms with van der Waals surface area (Å²) in [5.41, 5.74) is 7.49. The van der Waals surface area contributed by atoms with Crippen LogP contribution in [0.2, 0.25) is 0 Å². The summed E-state index contributed by atoms with van der Waals surface area (Å²) in [6, 6.07) is 10.4. The lowest BCUT2D eigenvalue weighted by Crippen LogP contribution is -2.47. The van der Waals surface area contributed by atoms with E-state index in [0.29, 0.717) is 5.92 Å². The van der Waals surface area contributed by atoms with E-state index in [1.807, 2.05) is 25.1 Å². The van der Waals surface area contributed by atoms with Crippen LogP contribution in [-0.2, 0) is 4.79 Å². The first-order chi connectivity index (χ1) is 9.08. The van der Waals surface area contributed by atoms with Gasteiger partial charge in [-0.3, -0.25) is 4.79 Å². The molecule has 0 aliphatic carbocycles. The van der Waals surface area contributed by atoms with E-state index in [4.69, 9.17) is 0 Å². The molecule has 1 aromatic rings. The summed E-state index contributed by atoms with van der Waals surface area (Å²) in [6.07, 6.45) is 0.778. The number of amides is 1. The summed E-state index contributed by atoms with van der Waals surface area (Å²) in [7, 11) is 0. The molecular formula is C15H23N3O. The second kappa shape index (κ2) is 6.17. The van der Waals surface area contributed by atoms with E-state index in [-0.39, 0.29) is 24.0 Å². The minimum Gasteiger partial charge on any atom is -0.352 e. The maximum absolute atomic E-state index is 12.1. The second-order valence-corrected chi connectivity index (χ2v) is 5.58. The van der Waals surface area contributed by atoms with Crippen LogP contribution in [0.4, 0.5) is 0 Å². The van der Waals surface area contributed by atoms with Crippen molar-refractivity contribution in [3.63, 3.8) is 0 Å². The third-order valence-corrected chi connectivity index (χ3v) is 3.79. The van der Waals surface area contributed by atoms with Gasteiger partial charge in [0.25, 0.3) is 0 Å². The highest BCUT2D eigenvalue weighted by Crippen LogP contribution is 2.21. The van der Waals surface area contributed by atoms with E-state index in [0.717, 1.165) is 6.42 Å². The number of benzene rings is 1. The zero-order valence-electron chi connectivity index (χ0n) is 11.8. The number of hydrogen-bond acceptors (Lipinski definition) is 3. The molecule has 1 aliphatic rings. The van der Waals surface area contributed by atoms with Crippen LogP contribution >= 0.6 is 0 Å². The molecule has 1 saturated heterocycles. The van der Waals surface area contributed by atoms with Crippen molar-refractivity contribution < 1.29 is 4.79 Å². The van der Waals surface area contributed by atoms with Gasteiger partial charge in [0, 0.05) is 12.1 Å². The summed E-state index contributed by atoms with van der Waals surface area (Å²) in [4.78, 5) is 12.1. The number of hydrogen-bond donors (Lipinski definition) is 3. The Kier molecular flexibility index (Phi) is 4.56. The largest absolute Gasteiger partial charge is 0.352 e. The Labute approximate surface area is 114 Å². The fourth-order valence-electron chi connectivity index (χ4n) is 2.12. The molecule has 0 saturated carbocycles. The molecule has 0 spiro atoms. The Morgan fingerprint density at radius 3 is 2.53 bits per heavy atom. The molecule has 0 radical (unpaired) electrons. The smallest absolute Gasteiger partial charge is 0.238 e. The number of rotatable bonds is 4. The number of hydrazine groups is 1. The minimum absolute atomic E-state index is 0.0760. The normalized spacial score (nSPS) is 24.4. The van der Waals surface area contributed by atoms with Gasteiger partial charge >= 0.3 is 0 Å². The Balaban J connectivity index is 1.90. The number of carbonyl (C=O) groups is 1. The molecule has 2 rings (SSSR count). The van der Waals surface area contributed by atoms with Crippen molar-refractivity contribution in [2.45, 2.75) is 45.3 Å². The monoisotopic (exact) mass is 261 g/mol. The highest BCUT2D eigenvalue weighted by atomic mass is 16.2. The standard InChI is InChI=1S/C15H23N3O/c1-10(2)11(3)16-15(19)14-9-13(17-18-14)12-7-5-4-6-8-12/h4-8,10-11,13-14,17-18H,9H2,1-3H3,(H,16,19). The number of nitrogens with one attached hydrogen (secondary N) is 3. The SMILES string of the molecule is CC(C)C(C)NC(=O)C1CC(c2ccccc2)NN1. The highest BCUT2D eigenvalue weighted by molar-refractivity contribution is 5.82. The van der Waals surface area contributed by atoms with E-state index in [1.54, 1.807) is 0 Å². The Hall–Kier alpha value is -1.39. The van der Waals surface area contributed by atoms with Gasteiger partial charge in [-0.15, -0.1) is 0 Å². The van der Waals surface area contributed by atoms with Gasteiger partial charge in [0.15, 0.2) is 0 Å². The van der Waals surface area contributed by atoms with Gasteiger partial charge in [0.1, 0.15) is 6.04 Å². The van der Waals surface area contributed by atoms with Crippen LogP contribution < -0.4 is 16.2 Å². The minimum atomic E-state index is -0.161. The van der Waals surface area contributed by atoms with E-state index in [1.165, 1.54) is 5.56 Å². The fourth-order valence-corrected chi connectivity index (χ4v) is 2.12. The zero-order valence-corrected chi connectivity index (χ0v) is 11.8. The Morgan fingerprint density at radius 2 is 1.89 bits per heavy atom. The lowest BCUT2D eigenvalue weighted by Gasteiger charge is -2.19. The van der Waals surface area contributed by atoms with E-state index in [2.05, 4.69) is 42.1 Å². The van der Waals surface area contributed by atoms with Gasteiger partial charge in [-0.2, -0.15) is 0 Å². The van der Waals surface area contributed by atoms with Crippen LogP contribution in [0.5, 0.6) is 0 Å². The topological polar surface area (TPSA) is 53.2 Å². The maximum atomic E-state index is 12.1. The van der Waals surface area contributed by atoms with Crippen LogP contribution in [0.3, 0.4) is 0 Å². The Bertz CT molecular complexity index is 419. The average Bonchev–Trinajstić information content (AvgIpc) is 2.89. The van der Waals surface area contributed by atoms with Crippen molar-refractivity contribution in [1.29, 1.82) is 0 Å². The van der Waals surface area contributed by atoms with Crippen LogP contribution in [-0.4, -0.2) is 18.0 Å². The molecule has 1 amide bonds. The first-order valence-corrected chi connectivity index (χ1v) is 6.94. The van der Waals surface area contributed by atoms with Crippen molar-refractivity contribution in [3.8, 4) is 0 Å². The Morgan fingerprint density at radius 1 is 1.21 bits per heavy atom. The highest BCUT2D eigenvalue weighted by Gasteiger charge is 2.30. The summed E-state index contributed by atoms with van der Waals surface area (Å²) in [5.74, 6) is 0.523. The van der Waals surface area contributed by atoms with Gasteiger partial charge in [-0.25, -0.2) is 10.9 Å². The quantitative estimate of drug-likeness (QED) is 0.774. The van der Waals surface area contributed by atoms with E-state index >= 15 is 0 Å². The van der Waals surface area contributed by atoms with Crippen LogP contribution in [0.15, 0.2) is 30.3 Å². The van der Waals surface area contributed by atoms with E-state index in [9.17, 15) is 4.79 Å². The number of carbonyl (C=O) groups excluding carboxylic acids is 1. The molecule has 0 bridgehead atoms. The van der Waals surface area contributed by atoms with Crippen LogP contribution in [0.25, 0.3) is 0 Å². The summed E-state index contributed by atoms with van der Waals surface area (Å²) >= 11 is 0. The van der Waals surface area contributed by atoms with Gasteiger partial charge in [-0.1, -0.05) is 44.2 Å². The van der Waals surface area contributed by atoms with Gasteiger partial charge < -0.3 is 5.32 Å². The lowest BCUT2D eigenvalue weighted by atomic mass is 10.0. The second-order valence-electron chi connectivity index (χ2n) is 5.58. The average molecular weight is 261 g/mol. The fraction of sp³-hybridized carbons (Fsp3) is 0.533. The van der Waals surface area contributed by atoms with Crippen molar-refractivity contribution in [2.75, 3.05) is 0 Å². The zero-order chi connectivity index (χ0) is 13.8. The predicted octanol–water partition coefficient (Wildman–Crippen LogP) is 1.75. The van der Waals surface area contributed by atoms with Crippen LogP contribution in [0, 0.1) is 5.92 Å². The van der Waals surface area contributed by atoms with Crippen LogP contribution in [0.1, 0.15) is 38.8 Å². The van der Waals surface area contributed by atoms with Crippen molar-refractivity contribution in [3.05, 3.63) is 35.9 Å². The molecule has 0 aromatic heterocycles. The molecule has 19 heavy (non-hydrogen) atoms. The molecule has 1 aliphatic heterocycles. The molecular weight excluding hydrogens is 238 g/mol. The summed E-state index contributed by atoms with van der Waals surface area (Å²) < 4.78 is 0. The lowest BCUT2D eigenvalue weighted by molar-refractivity contribution is -0.123. The first-order valence-electron chi connectivity index (χ1n) is 6.94. The molecule has 3 unspecified atom stereocenters. The molecule has 104 valence electrons. The van der Waals surface area contributed by atoms with Gasteiger partial charge in [-0.05, 0) is 24.8 Å². The van der Waals surface area contributed by atoms with Crippen molar-refractivity contribution in [1.82, 2.24) is 16.2 Å². The third kappa shape index (κ3) is 3.55. The predicted molar refractivity (Wildman–Crippen MR) is 76.3 cm³/mol. The molecule has 3 atom stereocenters. The first kappa shape index (κ1) is 14.0. The molecule has 4 nitrogen and oxygen atoms in total. The van der Waals surface area contributed by atoms with Gasteiger partial charge in [0.2, 0.25) is 5.91 Å². The summed E-state index contributed by atoms with van der Waals surface area (Å²) in [5, 5.41) is 3.05. The molecule has 3 N–H and O–H groups in total.